The van der Waals surface area contributed by atoms with E-state index in [1.54, 1.807) is 7.11 Å². The number of urea groups is 1. The first-order valence-electron chi connectivity index (χ1n) is 12.9. The third-order valence-corrected chi connectivity index (χ3v) is 7.81. The topological polar surface area (TPSA) is 82.2 Å². The number of benzene rings is 2. The molecule has 1 saturated carbocycles. The lowest BCUT2D eigenvalue weighted by Crippen LogP contribution is -2.62. The average Bonchev–Trinajstić information content (AvgIpc) is 2.93. The molecule has 0 aromatic heterocycles. The van der Waals surface area contributed by atoms with Crippen molar-refractivity contribution in [3.8, 4) is 5.75 Å². The number of nitrogens with zero attached hydrogens (tertiary/aromatic N) is 3. The van der Waals surface area contributed by atoms with Crippen LogP contribution in [0, 0.1) is 11.8 Å². The van der Waals surface area contributed by atoms with E-state index in [0.29, 0.717) is 45.3 Å². The number of nitrogens with one attached hydrogen (secondary N) is 1. The van der Waals surface area contributed by atoms with Gasteiger partial charge in [-0.25, -0.2) is 4.79 Å². The number of anilines is 1. The van der Waals surface area contributed by atoms with Crippen molar-refractivity contribution in [2.45, 2.75) is 31.7 Å². The number of carbonyl (C=O) groups is 3. The van der Waals surface area contributed by atoms with E-state index in [-0.39, 0.29) is 35.7 Å². The summed E-state index contributed by atoms with van der Waals surface area (Å²) in [5, 5.41) is 3.04. The molecule has 190 valence electrons. The molecule has 3 fully saturated rings. The fourth-order valence-corrected chi connectivity index (χ4v) is 5.73. The molecule has 0 bridgehead atoms. The highest BCUT2D eigenvalue weighted by atomic mass is 16.5. The van der Waals surface area contributed by atoms with Gasteiger partial charge in [-0.3, -0.25) is 14.5 Å². The van der Waals surface area contributed by atoms with Crippen molar-refractivity contribution in [3.05, 3.63) is 60.2 Å². The summed E-state index contributed by atoms with van der Waals surface area (Å²) in [6, 6.07) is 17.3. The van der Waals surface area contributed by atoms with Crippen LogP contribution in [-0.4, -0.2) is 73.5 Å². The van der Waals surface area contributed by atoms with Crippen molar-refractivity contribution >= 4 is 23.5 Å². The van der Waals surface area contributed by atoms with Gasteiger partial charge in [0, 0.05) is 56.4 Å². The molecule has 3 unspecified atom stereocenters. The summed E-state index contributed by atoms with van der Waals surface area (Å²) in [7, 11) is 1.66. The molecule has 8 nitrogen and oxygen atoms in total. The molecular weight excluding hydrogens is 456 g/mol. The highest BCUT2D eigenvalue weighted by Crippen LogP contribution is 2.34. The molecule has 4 amide bonds. The Morgan fingerprint density at radius 3 is 2.53 bits per heavy atom. The van der Waals surface area contributed by atoms with Crippen LogP contribution in [0.5, 0.6) is 5.75 Å². The van der Waals surface area contributed by atoms with Gasteiger partial charge < -0.3 is 19.9 Å². The Balaban J connectivity index is 1.14. The monoisotopic (exact) mass is 490 g/mol. The lowest BCUT2D eigenvalue weighted by atomic mass is 9.76. The number of piperazine rings is 1. The van der Waals surface area contributed by atoms with Crippen LogP contribution in [0.4, 0.5) is 10.5 Å². The summed E-state index contributed by atoms with van der Waals surface area (Å²) < 4.78 is 5.34. The predicted molar refractivity (Wildman–Crippen MR) is 137 cm³/mol. The first-order chi connectivity index (χ1) is 17.5. The lowest BCUT2D eigenvalue weighted by molar-refractivity contribution is -0.142. The van der Waals surface area contributed by atoms with Crippen molar-refractivity contribution in [2.75, 3.05) is 44.7 Å². The maximum absolute atomic E-state index is 13.3. The van der Waals surface area contributed by atoms with Crippen LogP contribution in [0.2, 0.25) is 0 Å². The van der Waals surface area contributed by atoms with Gasteiger partial charge in [0.1, 0.15) is 5.75 Å². The number of hydrogen-bond acceptors (Lipinski definition) is 5. The second-order valence-electron chi connectivity index (χ2n) is 9.91. The molecule has 36 heavy (non-hydrogen) atoms. The normalized spacial score (nSPS) is 24.2. The number of carbonyl (C=O) groups excluding carboxylic acids is 3. The van der Waals surface area contributed by atoms with E-state index in [1.165, 1.54) is 4.90 Å². The third-order valence-electron chi connectivity index (χ3n) is 7.81. The van der Waals surface area contributed by atoms with Gasteiger partial charge in [0.15, 0.2) is 0 Å². The second-order valence-corrected chi connectivity index (χ2v) is 9.91. The maximum atomic E-state index is 13.3. The fraction of sp³-hybridized carbons (Fsp3) is 0.464. The smallest absolute Gasteiger partial charge is 0.324 e. The molecule has 0 spiro atoms. The summed E-state index contributed by atoms with van der Waals surface area (Å²) in [6.45, 7) is 3.24. The van der Waals surface area contributed by atoms with E-state index in [9.17, 15) is 14.4 Å². The Hall–Kier alpha value is -3.55. The Kier molecular flexibility index (Phi) is 7.11. The number of amides is 4. The molecule has 2 aliphatic heterocycles. The average molecular weight is 491 g/mol. The summed E-state index contributed by atoms with van der Waals surface area (Å²) in [4.78, 5) is 44.8. The van der Waals surface area contributed by atoms with Crippen LogP contribution in [0.25, 0.3) is 0 Å². The first kappa shape index (κ1) is 24.2. The molecule has 1 aliphatic carbocycles. The molecule has 2 aromatic rings. The van der Waals surface area contributed by atoms with Crippen molar-refractivity contribution < 1.29 is 19.1 Å². The van der Waals surface area contributed by atoms with Crippen LogP contribution in [0.15, 0.2) is 54.6 Å². The van der Waals surface area contributed by atoms with Crippen LogP contribution in [0.1, 0.15) is 24.8 Å². The summed E-state index contributed by atoms with van der Waals surface area (Å²) >= 11 is 0. The zero-order valence-electron chi connectivity index (χ0n) is 20.8. The van der Waals surface area contributed by atoms with Crippen molar-refractivity contribution in [3.63, 3.8) is 0 Å². The molecule has 0 radical (unpaired) electrons. The number of ether oxygens (including phenoxy) is 1. The zero-order valence-corrected chi connectivity index (χ0v) is 20.8. The molecule has 1 N–H and O–H groups in total. The van der Waals surface area contributed by atoms with Crippen LogP contribution >= 0.6 is 0 Å². The molecule has 5 rings (SSSR count). The molecule has 2 heterocycles. The zero-order chi connectivity index (χ0) is 25.1. The first-order valence-corrected chi connectivity index (χ1v) is 12.9. The van der Waals surface area contributed by atoms with Crippen molar-refractivity contribution in [2.24, 2.45) is 11.8 Å². The van der Waals surface area contributed by atoms with Gasteiger partial charge in [0.25, 0.3) is 0 Å². The van der Waals surface area contributed by atoms with Crippen LogP contribution < -0.4 is 15.0 Å². The molecule has 2 saturated heterocycles. The van der Waals surface area contributed by atoms with Crippen LogP contribution in [0.3, 0.4) is 0 Å². The quantitative estimate of drug-likeness (QED) is 0.673. The number of imide groups is 1. The number of fused-ring (bicyclic) bond motifs is 1. The van der Waals surface area contributed by atoms with Gasteiger partial charge in [-0.2, -0.15) is 0 Å². The predicted octanol–water partition coefficient (Wildman–Crippen LogP) is 2.92. The summed E-state index contributed by atoms with van der Waals surface area (Å²) in [5.74, 6) is 0.473. The van der Waals surface area contributed by atoms with Gasteiger partial charge in [0.05, 0.1) is 13.0 Å². The lowest BCUT2D eigenvalue weighted by Gasteiger charge is -2.43. The Morgan fingerprint density at radius 1 is 1.00 bits per heavy atom. The van der Waals surface area contributed by atoms with Crippen LogP contribution in [-0.2, 0) is 16.0 Å². The maximum Gasteiger partial charge on any atom is 0.324 e. The molecule has 3 aliphatic rings. The minimum atomic E-state index is -0.336. The van der Waals surface area contributed by atoms with E-state index in [2.05, 4.69) is 16.3 Å². The SMILES string of the molecule is COc1cccc(N2CCN(C(=O)C3CCC4C(=O)N(CCc5ccccc5)C(=O)NC4C3)CC2)c1. The van der Waals surface area contributed by atoms with Gasteiger partial charge >= 0.3 is 6.03 Å². The Morgan fingerprint density at radius 2 is 1.78 bits per heavy atom. The minimum Gasteiger partial charge on any atom is -0.497 e. The number of methoxy groups -OCH3 is 1. The fourth-order valence-electron chi connectivity index (χ4n) is 5.73. The highest BCUT2D eigenvalue weighted by Gasteiger charge is 2.45. The van der Waals surface area contributed by atoms with Gasteiger partial charge in [-0.05, 0) is 43.4 Å². The summed E-state index contributed by atoms with van der Waals surface area (Å²) in [5.41, 5.74) is 2.20. The van der Waals surface area contributed by atoms with E-state index in [0.717, 1.165) is 30.1 Å². The standard InChI is InChI=1S/C28H34N4O4/c1-36-23-9-5-8-22(19-23)30-14-16-31(17-15-30)26(33)21-10-11-24-25(18-21)29-28(35)32(27(24)34)13-12-20-6-3-2-4-7-20/h2-9,19,21,24-25H,10-18H2,1H3,(H,29,35). The highest BCUT2D eigenvalue weighted by molar-refractivity contribution is 5.99. The molecular formula is C28H34N4O4. The second kappa shape index (κ2) is 10.6. The van der Waals surface area contributed by atoms with Gasteiger partial charge in [0.2, 0.25) is 11.8 Å². The minimum absolute atomic E-state index is 0.0996. The largest absolute Gasteiger partial charge is 0.497 e. The third kappa shape index (κ3) is 5.03. The van der Waals surface area contributed by atoms with Crippen molar-refractivity contribution in [1.82, 2.24) is 15.1 Å². The molecule has 2 aromatic carbocycles. The summed E-state index contributed by atoms with van der Waals surface area (Å²) in [6.07, 6.45) is 2.49. The Bertz CT molecular complexity index is 1100. The Labute approximate surface area is 212 Å². The van der Waals surface area contributed by atoms with Crippen molar-refractivity contribution in [1.29, 1.82) is 0 Å². The van der Waals surface area contributed by atoms with E-state index >= 15 is 0 Å². The molecule has 3 atom stereocenters. The number of rotatable bonds is 6. The number of hydrogen-bond donors (Lipinski definition) is 1. The van der Waals surface area contributed by atoms with E-state index in [1.807, 2.05) is 53.4 Å². The molecule has 8 heteroatoms. The van der Waals surface area contributed by atoms with E-state index < -0.39 is 0 Å². The van der Waals surface area contributed by atoms with Gasteiger partial charge in [-0.15, -0.1) is 0 Å². The van der Waals surface area contributed by atoms with E-state index in [4.69, 9.17) is 4.74 Å². The van der Waals surface area contributed by atoms with Gasteiger partial charge in [-0.1, -0.05) is 36.4 Å².